The van der Waals surface area contributed by atoms with Gasteiger partial charge in [0.1, 0.15) is 37.9 Å². The molecule has 0 unspecified atom stereocenters. The van der Waals surface area contributed by atoms with Crippen molar-refractivity contribution < 1.29 is 47.8 Å². The van der Waals surface area contributed by atoms with Crippen molar-refractivity contribution in [2.75, 3.05) is 46.0 Å². The number of carbonyl (C=O) groups excluding carboxylic acids is 7. The molecule has 4 amide bonds. The number of ether oxygens (including phenoxy) is 3. The van der Waals surface area contributed by atoms with Crippen molar-refractivity contribution in [2.24, 2.45) is 15.0 Å². The maximum Gasteiger partial charge on any atom is 0.305 e. The number of hydrogen-bond donors (Lipinski definition) is 4. The summed E-state index contributed by atoms with van der Waals surface area (Å²) in [5.74, 6) is -4.45. The fourth-order valence-corrected chi connectivity index (χ4v) is 7.49. The lowest BCUT2D eigenvalue weighted by molar-refractivity contribution is -0.145. The van der Waals surface area contributed by atoms with Crippen LogP contribution >= 0.6 is 0 Å². The number of hydrogen-bond acceptors (Lipinski definition) is 13. The predicted octanol–water partition coefficient (Wildman–Crippen LogP) is 7.61. The molecule has 0 aliphatic heterocycles. The minimum Gasteiger partial charge on any atom is -0.464 e. The molecule has 0 heterocycles. The van der Waals surface area contributed by atoms with Gasteiger partial charge in [0.2, 0.25) is 23.6 Å². The number of amides is 4. The van der Waals surface area contributed by atoms with Crippen molar-refractivity contribution in [1.29, 1.82) is 0 Å². The van der Waals surface area contributed by atoms with Crippen LogP contribution in [0.2, 0.25) is 0 Å². The highest BCUT2D eigenvalue weighted by molar-refractivity contribution is 5.95. The molecule has 3 aromatic carbocycles. The van der Waals surface area contributed by atoms with Crippen molar-refractivity contribution >= 4 is 60.2 Å². The molecule has 17 nitrogen and oxygen atoms in total. The van der Waals surface area contributed by atoms with Crippen LogP contribution in [0.3, 0.4) is 0 Å². The Morgan fingerprint density at radius 1 is 0.427 bits per heavy atom. The minimum atomic E-state index is -1.42. The molecule has 0 aromatic heterocycles. The molecule has 0 saturated heterocycles. The molecule has 3 aromatic rings. The SMILES string of the molecule is CCCCCCCCCCCC(=O)N[C@@H](CCC(=O)OCCN=Cc1ccccc1)C(=O)N[C@@H](CCC(=O)OCCN=Cc1ccccc1)C(=O)N[C@@H](CCC(=O)OCCN=Cc1ccccc1)C(=O)NCCCC. The van der Waals surface area contributed by atoms with E-state index in [2.05, 4.69) is 43.2 Å². The van der Waals surface area contributed by atoms with Gasteiger partial charge in [-0.1, -0.05) is 163 Å². The lowest BCUT2D eigenvalue weighted by atomic mass is 10.0. The van der Waals surface area contributed by atoms with E-state index < -0.39 is 59.7 Å². The van der Waals surface area contributed by atoms with Crippen LogP contribution in [0.25, 0.3) is 0 Å². The number of rotatable bonds is 40. The van der Waals surface area contributed by atoms with Gasteiger partial charge in [-0.3, -0.25) is 48.5 Å². The fourth-order valence-electron chi connectivity index (χ4n) is 7.49. The van der Waals surface area contributed by atoms with Crippen molar-refractivity contribution in [3.63, 3.8) is 0 Å². The summed E-state index contributed by atoms with van der Waals surface area (Å²) in [5, 5.41) is 10.9. The predicted molar refractivity (Wildman–Crippen MR) is 293 cm³/mol. The Labute approximate surface area is 443 Å². The summed E-state index contributed by atoms with van der Waals surface area (Å²) in [6.07, 6.45) is 14.7. The number of unbranched alkanes of at least 4 members (excludes halogenated alkanes) is 9. The molecule has 0 fully saturated rings. The molecular weight excluding hydrogens is 955 g/mol. The molecule has 408 valence electrons. The molecule has 75 heavy (non-hydrogen) atoms. The van der Waals surface area contributed by atoms with Crippen LogP contribution in [-0.4, -0.2) is 124 Å². The monoisotopic (exact) mass is 1040 g/mol. The normalized spacial score (nSPS) is 12.5. The zero-order valence-corrected chi connectivity index (χ0v) is 44.2. The number of benzene rings is 3. The average Bonchev–Trinajstić information content (AvgIpc) is 3.42. The van der Waals surface area contributed by atoms with Gasteiger partial charge in [0.05, 0.1) is 19.6 Å². The third kappa shape index (κ3) is 30.7. The van der Waals surface area contributed by atoms with Crippen LogP contribution in [0, 0.1) is 0 Å². The average molecular weight is 1040 g/mol. The first-order valence-corrected chi connectivity index (χ1v) is 26.9. The summed E-state index contributed by atoms with van der Waals surface area (Å²) in [6, 6.07) is 24.4. The topological polar surface area (TPSA) is 232 Å². The highest BCUT2D eigenvalue weighted by Crippen LogP contribution is 2.12. The van der Waals surface area contributed by atoms with Crippen molar-refractivity contribution in [3.05, 3.63) is 108 Å². The summed E-state index contributed by atoms with van der Waals surface area (Å²) in [6.45, 7) is 5.03. The highest BCUT2D eigenvalue weighted by atomic mass is 16.5. The van der Waals surface area contributed by atoms with E-state index in [1.54, 1.807) is 18.6 Å². The zero-order chi connectivity index (χ0) is 54.0. The van der Waals surface area contributed by atoms with Crippen LogP contribution in [0.4, 0.5) is 0 Å². The van der Waals surface area contributed by atoms with Gasteiger partial charge in [-0.15, -0.1) is 0 Å². The molecule has 0 bridgehead atoms. The second-order valence-electron chi connectivity index (χ2n) is 18.1. The summed E-state index contributed by atoms with van der Waals surface area (Å²) in [7, 11) is 0. The molecule has 3 atom stereocenters. The van der Waals surface area contributed by atoms with Gasteiger partial charge < -0.3 is 35.5 Å². The number of carbonyl (C=O) groups is 7. The van der Waals surface area contributed by atoms with E-state index in [1.807, 2.05) is 97.9 Å². The zero-order valence-electron chi connectivity index (χ0n) is 44.2. The smallest absolute Gasteiger partial charge is 0.305 e. The summed E-state index contributed by atoms with van der Waals surface area (Å²) in [5.41, 5.74) is 2.67. The standard InChI is InChI=1S/C58H81N7O10/c1-3-5-7-8-9-10-11-12-22-29-52(66)63-50(31-34-54(68)74-41-38-60-44-47-25-18-14-19-26-47)57(71)65-51(32-35-55(69)75-42-39-61-45-48-27-20-15-21-28-48)58(72)64-49(56(70)62-36-6-4-2)30-33-53(67)73-40-37-59-43-46-23-16-13-17-24-46/h13-21,23-28,43-45,49-51H,3-12,22,29-42H2,1-2H3,(H,62,70)(H,63,66)(H,64,72)(H,65,71)/t49-,50-,51-/m0/s1. The molecule has 4 N–H and O–H groups in total. The molecule has 17 heteroatoms. The van der Waals surface area contributed by atoms with E-state index in [0.717, 1.165) is 48.8 Å². The largest absolute Gasteiger partial charge is 0.464 e. The van der Waals surface area contributed by atoms with Crippen LogP contribution in [0.15, 0.2) is 106 Å². The number of aliphatic imine (C=N–C) groups is 3. The summed E-state index contributed by atoms with van der Waals surface area (Å²) < 4.78 is 16.2. The third-order valence-corrected chi connectivity index (χ3v) is 11.7. The van der Waals surface area contributed by atoms with Crippen LogP contribution in [-0.2, 0) is 47.8 Å². The van der Waals surface area contributed by atoms with Gasteiger partial charge in [0.15, 0.2) is 0 Å². The van der Waals surface area contributed by atoms with E-state index in [0.29, 0.717) is 19.4 Å². The second kappa shape index (κ2) is 40.4. The molecule has 0 aliphatic rings. The maximum absolute atomic E-state index is 14.3. The lowest BCUT2D eigenvalue weighted by Crippen LogP contribution is -2.57. The van der Waals surface area contributed by atoms with Crippen molar-refractivity contribution in [2.45, 2.75) is 148 Å². The van der Waals surface area contributed by atoms with Crippen LogP contribution < -0.4 is 21.3 Å². The molecule has 0 aliphatic carbocycles. The second-order valence-corrected chi connectivity index (χ2v) is 18.1. The molecule has 3 rings (SSSR count). The molecular formula is C58H81N7O10. The number of nitrogens with zero attached hydrogens (tertiary/aromatic N) is 3. The number of nitrogens with one attached hydrogen (secondary N) is 4. The van der Waals surface area contributed by atoms with Gasteiger partial charge in [-0.05, 0) is 48.8 Å². The Morgan fingerprint density at radius 3 is 1.16 bits per heavy atom. The lowest BCUT2D eigenvalue weighted by Gasteiger charge is -2.25. The van der Waals surface area contributed by atoms with Crippen LogP contribution in [0.5, 0.6) is 0 Å². The van der Waals surface area contributed by atoms with E-state index in [4.69, 9.17) is 14.2 Å². The Hall–Kier alpha value is -7.04. The van der Waals surface area contributed by atoms with E-state index in [-0.39, 0.29) is 84.4 Å². The maximum atomic E-state index is 14.3. The van der Waals surface area contributed by atoms with Gasteiger partial charge in [-0.2, -0.15) is 0 Å². The first kappa shape index (κ1) is 62.3. The van der Waals surface area contributed by atoms with E-state index >= 15 is 0 Å². The molecule has 0 radical (unpaired) electrons. The van der Waals surface area contributed by atoms with E-state index in [9.17, 15) is 33.6 Å². The third-order valence-electron chi connectivity index (χ3n) is 11.7. The fraction of sp³-hybridized carbons (Fsp3) is 0.517. The molecule has 0 spiro atoms. The van der Waals surface area contributed by atoms with Crippen molar-refractivity contribution in [1.82, 2.24) is 21.3 Å². The Bertz CT molecular complexity index is 2190. The molecule has 0 saturated carbocycles. The van der Waals surface area contributed by atoms with Gasteiger partial charge in [-0.25, -0.2) is 0 Å². The highest BCUT2D eigenvalue weighted by Gasteiger charge is 2.31. The van der Waals surface area contributed by atoms with E-state index in [1.165, 1.54) is 25.7 Å². The Balaban J connectivity index is 1.74. The first-order chi connectivity index (χ1) is 36.6. The quantitative estimate of drug-likeness (QED) is 0.0188. The van der Waals surface area contributed by atoms with Crippen molar-refractivity contribution in [3.8, 4) is 0 Å². The first-order valence-electron chi connectivity index (χ1n) is 26.9. The number of esters is 3. The van der Waals surface area contributed by atoms with Crippen LogP contribution in [0.1, 0.15) is 146 Å². The van der Waals surface area contributed by atoms with Gasteiger partial charge >= 0.3 is 17.9 Å². The Morgan fingerprint density at radius 2 is 0.773 bits per heavy atom. The summed E-state index contributed by atoms with van der Waals surface area (Å²) >= 11 is 0. The minimum absolute atomic E-state index is 0.00337. The Kier molecular flexibility index (Phi) is 33.5. The summed E-state index contributed by atoms with van der Waals surface area (Å²) in [4.78, 5) is 107. The van der Waals surface area contributed by atoms with Gasteiger partial charge in [0, 0.05) is 50.9 Å². The van der Waals surface area contributed by atoms with Gasteiger partial charge in [0.25, 0.3) is 0 Å².